The second kappa shape index (κ2) is 4.11. The standard InChI is InChI=1S/C13H15P/c1-10-5-3-4-6-12(10)13-7-8-14-9-11(13)2/h3-8,14H,9H2,1-2H3. The Morgan fingerprint density at radius 1 is 1.14 bits per heavy atom. The summed E-state index contributed by atoms with van der Waals surface area (Å²) in [6.07, 6.45) is 3.51. The number of rotatable bonds is 1. The Balaban J connectivity index is 2.49. The molecule has 0 fully saturated rings. The minimum atomic E-state index is 0.971. The normalized spacial score (nSPS) is 17.9. The van der Waals surface area contributed by atoms with Crippen LogP contribution in [-0.2, 0) is 0 Å². The summed E-state index contributed by atoms with van der Waals surface area (Å²) in [5, 5.41) is 0. The molecule has 1 heteroatoms. The SMILES string of the molecule is CC1=C(c2ccccc2C)C=CPC1. The van der Waals surface area contributed by atoms with Crippen LogP contribution in [0.5, 0.6) is 0 Å². The van der Waals surface area contributed by atoms with E-state index in [2.05, 4.69) is 50.0 Å². The molecule has 1 unspecified atom stereocenters. The van der Waals surface area contributed by atoms with Gasteiger partial charge in [-0.25, -0.2) is 0 Å². The van der Waals surface area contributed by atoms with E-state index in [1.807, 2.05) is 0 Å². The van der Waals surface area contributed by atoms with E-state index in [0.29, 0.717) is 0 Å². The van der Waals surface area contributed by atoms with Crippen LogP contribution < -0.4 is 0 Å². The minimum Gasteiger partial charge on any atom is -0.0942 e. The van der Waals surface area contributed by atoms with E-state index in [1.165, 1.54) is 28.4 Å². The Labute approximate surface area is 87.5 Å². The van der Waals surface area contributed by atoms with Gasteiger partial charge in [-0.3, -0.25) is 0 Å². The fourth-order valence-electron chi connectivity index (χ4n) is 1.79. The molecule has 14 heavy (non-hydrogen) atoms. The lowest BCUT2D eigenvalue weighted by atomic mass is 9.97. The lowest BCUT2D eigenvalue weighted by molar-refractivity contribution is 1.36. The first-order valence-corrected chi connectivity index (χ1v) is 6.23. The van der Waals surface area contributed by atoms with Gasteiger partial charge >= 0.3 is 0 Å². The van der Waals surface area contributed by atoms with Crippen molar-refractivity contribution >= 4 is 14.2 Å². The molecule has 0 amide bonds. The monoisotopic (exact) mass is 202 g/mol. The van der Waals surface area contributed by atoms with E-state index in [0.717, 1.165) is 8.58 Å². The van der Waals surface area contributed by atoms with Crippen molar-refractivity contribution in [3.63, 3.8) is 0 Å². The van der Waals surface area contributed by atoms with Gasteiger partial charge in [0, 0.05) is 0 Å². The van der Waals surface area contributed by atoms with E-state index in [4.69, 9.17) is 0 Å². The van der Waals surface area contributed by atoms with Crippen molar-refractivity contribution < 1.29 is 0 Å². The third kappa shape index (κ3) is 1.81. The number of hydrogen-bond acceptors (Lipinski definition) is 0. The predicted molar refractivity (Wildman–Crippen MR) is 66.1 cm³/mol. The molecule has 1 atom stereocenters. The van der Waals surface area contributed by atoms with Crippen molar-refractivity contribution in [1.82, 2.24) is 0 Å². The maximum atomic E-state index is 2.30. The number of allylic oxidation sites excluding steroid dienone is 3. The molecule has 1 aromatic carbocycles. The van der Waals surface area contributed by atoms with Crippen LogP contribution in [0, 0.1) is 6.92 Å². The Bertz CT molecular complexity index is 399. The number of aryl methyl sites for hydroxylation is 1. The van der Waals surface area contributed by atoms with Gasteiger partial charge in [-0.05, 0) is 36.7 Å². The molecule has 1 aliphatic rings. The first kappa shape index (κ1) is 9.68. The number of hydrogen-bond donors (Lipinski definition) is 0. The second-order valence-corrected chi connectivity index (χ2v) is 4.82. The molecular weight excluding hydrogens is 187 g/mol. The lowest BCUT2D eigenvalue weighted by Gasteiger charge is -2.14. The van der Waals surface area contributed by atoms with Crippen LogP contribution in [0.2, 0.25) is 0 Å². The smallest absolute Gasteiger partial charge is 0.0101 e. The third-order valence-electron chi connectivity index (χ3n) is 2.63. The Hall–Kier alpha value is -0.870. The predicted octanol–water partition coefficient (Wildman–Crippen LogP) is 3.97. The molecule has 1 heterocycles. The highest BCUT2D eigenvalue weighted by atomic mass is 31.1. The highest BCUT2D eigenvalue weighted by Gasteiger charge is 2.07. The molecule has 1 aliphatic heterocycles. The molecule has 1 aromatic rings. The first-order chi connectivity index (χ1) is 6.79. The van der Waals surface area contributed by atoms with Gasteiger partial charge in [-0.1, -0.05) is 50.3 Å². The average molecular weight is 202 g/mol. The van der Waals surface area contributed by atoms with E-state index in [9.17, 15) is 0 Å². The van der Waals surface area contributed by atoms with Crippen molar-refractivity contribution in [2.75, 3.05) is 6.16 Å². The van der Waals surface area contributed by atoms with Crippen LogP contribution in [-0.4, -0.2) is 6.16 Å². The van der Waals surface area contributed by atoms with Crippen molar-refractivity contribution in [2.45, 2.75) is 13.8 Å². The summed E-state index contributed by atoms with van der Waals surface area (Å²) in [6, 6.07) is 8.61. The summed E-state index contributed by atoms with van der Waals surface area (Å²) in [6.45, 7) is 4.43. The molecular formula is C13H15P. The van der Waals surface area contributed by atoms with E-state index >= 15 is 0 Å². The van der Waals surface area contributed by atoms with Crippen LogP contribution in [0.15, 0.2) is 41.7 Å². The summed E-state index contributed by atoms with van der Waals surface area (Å²) < 4.78 is 0. The third-order valence-corrected chi connectivity index (χ3v) is 3.77. The summed E-state index contributed by atoms with van der Waals surface area (Å²) in [4.78, 5) is 0. The maximum absolute atomic E-state index is 2.30. The molecule has 2 rings (SSSR count). The van der Waals surface area contributed by atoms with Crippen LogP contribution >= 0.6 is 8.58 Å². The van der Waals surface area contributed by atoms with Crippen molar-refractivity contribution in [3.8, 4) is 0 Å². The molecule has 0 aromatic heterocycles. The zero-order valence-electron chi connectivity index (χ0n) is 8.67. The Morgan fingerprint density at radius 3 is 2.64 bits per heavy atom. The largest absolute Gasteiger partial charge is 0.0942 e. The van der Waals surface area contributed by atoms with E-state index in [1.54, 1.807) is 0 Å². The number of benzene rings is 1. The highest BCUT2D eigenvalue weighted by molar-refractivity contribution is 7.42. The highest BCUT2D eigenvalue weighted by Crippen LogP contribution is 2.32. The van der Waals surface area contributed by atoms with Crippen LogP contribution in [0.1, 0.15) is 18.1 Å². The van der Waals surface area contributed by atoms with E-state index in [-0.39, 0.29) is 0 Å². The van der Waals surface area contributed by atoms with Crippen molar-refractivity contribution in [1.29, 1.82) is 0 Å². The molecule has 72 valence electrons. The summed E-state index contributed by atoms with van der Waals surface area (Å²) in [5.74, 6) is 2.30. The molecule has 0 saturated heterocycles. The van der Waals surface area contributed by atoms with Gasteiger partial charge < -0.3 is 0 Å². The fourth-order valence-corrected chi connectivity index (χ4v) is 2.69. The summed E-state index contributed by atoms with van der Waals surface area (Å²) >= 11 is 0. The molecule has 0 radical (unpaired) electrons. The van der Waals surface area contributed by atoms with Gasteiger partial charge in [0.25, 0.3) is 0 Å². The van der Waals surface area contributed by atoms with Crippen molar-refractivity contribution in [3.05, 3.63) is 52.9 Å². The molecule has 0 N–H and O–H groups in total. The van der Waals surface area contributed by atoms with Crippen LogP contribution in [0.4, 0.5) is 0 Å². The fraction of sp³-hybridized carbons (Fsp3) is 0.231. The van der Waals surface area contributed by atoms with Crippen molar-refractivity contribution in [2.24, 2.45) is 0 Å². The maximum Gasteiger partial charge on any atom is -0.0101 e. The molecule has 0 nitrogen and oxygen atoms in total. The summed E-state index contributed by atoms with van der Waals surface area (Å²) in [7, 11) is 0.971. The Kier molecular flexibility index (Phi) is 2.84. The van der Waals surface area contributed by atoms with Gasteiger partial charge in [0.1, 0.15) is 0 Å². The molecule has 0 aliphatic carbocycles. The van der Waals surface area contributed by atoms with Gasteiger partial charge in [-0.15, -0.1) is 0 Å². The van der Waals surface area contributed by atoms with Crippen LogP contribution in [0.3, 0.4) is 0 Å². The average Bonchev–Trinajstić information content (AvgIpc) is 2.20. The zero-order chi connectivity index (χ0) is 9.97. The first-order valence-electron chi connectivity index (χ1n) is 4.95. The minimum absolute atomic E-state index is 0.971. The van der Waals surface area contributed by atoms with Gasteiger partial charge in [0.05, 0.1) is 0 Å². The van der Waals surface area contributed by atoms with E-state index < -0.39 is 0 Å². The zero-order valence-corrected chi connectivity index (χ0v) is 9.67. The molecule has 0 bridgehead atoms. The lowest BCUT2D eigenvalue weighted by Crippen LogP contribution is -1.94. The Morgan fingerprint density at radius 2 is 1.93 bits per heavy atom. The topological polar surface area (TPSA) is 0 Å². The second-order valence-electron chi connectivity index (χ2n) is 3.72. The quantitative estimate of drug-likeness (QED) is 0.604. The van der Waals surface area contributed by atoms with Crippen LogP contribution in [0.25, 0.3) is 5.57 Å². The van der Waals surface area contributed by atoms with Gasteiger partial charge in [0.15, 0.2) is 0 Å². The molecule has 0 saturated carbocycles. The van der Waals surface area contributed by atoms with Gasteiger partial charge in [-0.2, -0.15) is 0 Å². The summed E-state index contributed by atoms with van der Waals surface area (Å²) in [5.41, 5.74) is 5.73. The van der Waals surface area contributed by atoms with Gasteiger partial charge in [0.2, 0.25) is 0 Å². The molecule has 0 spiro atoms.